The number of rotatable bonds is 10. The average Bonchev–Trinajstić information content (AvgIpc) is 4.11. The number of hydrogen-bond donors (Lipinski definition) is 2. The Kier molecular flexibility index (Phi) is 12.8. The van der Waals surface area contributed by atoms with Gasteiger partial charge in [0.2, 0.25) is 11.6 Å². The second-order valence-electron chi connectivity index (χ2n) is 16.5. The summed E-state index contributed by atoms with van der Waals surface area (Å²) in [7, 11) is 0. The summed E-state index contributed by atoms with van der Waals surface area (Å²) in [5, 5.41) is 5.28. The van der Waals surface area contributed by atoms with E-state index >= 15 is 22.0 Å². The minimum absolute atomic E-state index is 0.0224. The van der Waals surface area contributed by atoms with Crippen LogP contribution in [0.3, 0.4) is 0 Å². The lowest BCUT2D eigenvalue weighted by Crippen LogP contribution is -2.54. The molecule has 0 spiro atoms. The molecule has 0 radical (unpaired) electrons. The lowest BCUT2D eigenvalue weighted by atomic mass is 10.2. The molecule has 4 heterocycles. The van der Waals surface area contributed by atoms with Crippen LogP contribution in [0.15, 0.2) is 116 Å². The van der Waals surface area contributed by atoms with E-state index < -0.39 is 80.5 Å². The molecule has 71 heavy (non-hydrogen) atoms. The summed E-state index contributed by atoms with van der Waals surface area (Å²) in [5.41, 5.74) is 0.0723. The van der Waals surface area contributed by atoms with Crippen molar-refractivity contribution in [3.8, 4) is 23.0 Å². The molecule has 0 unspecified atom stereocenters. The Morgan fingerprint density at radius 2 is 1.06 bits per heavy atom. The standard InChI is InChI=1S/C50H37ClF6N10O4/c51-35-11-8-31(21-36(35)53)66(50(69)61-30-19-37(54)47(56)43(20-30)70-33-9-12-39-41(24-33)62-45(26-58-39)64-14-1-2-15-64)67(49(68)60-29-7-5-6-28(52)18-29)32-22-38(55)48(57)44(23-32)71-34-10-13-40-42(25-34)63-46(27-59-40)65-16-3-4-17-65/h5-13,18-27H,1-4,14-17H2,(H,60,68)(H,61,69). The van der Waals surface area contributed by atoms with Gasteiger partial charge in [-0.2, -0.15) is 18.8 Å². The van der Waals surface area contributed by atoms with Gasteiger partial charge in [-0.15, -0.1) is 0 Å². The highest BCUT2D eigenvalue weighted by Crippen LogP contribution is 2.37. The third-order valence-corrected chi connectivity index (χ3v) is 11.9. The van der Waals surface area contributed by atoms with Crippen LogP contribution in [0.2, 0.25) is 5.02 Å². The average molecular weight is 991 g/mol. The quantitative estimate of drug-likeness (QED) is 0.100. The fourth-order valence-corrected chi connectivity index (χ4v) is 8.30. The molecule has 0 bridgehead atoms. The Balaban J connectivity index is 1.02. The number of amides is 4. The SMILES string of the molecule is O=C(Nc1cc(F)c(F)c(Oc2ccc3ncc(N4CCCC4)nc3c2)c1)N(c1ccc(Cl)c(F)c1)N(C(=O)Nc1cccc(F)c1)c1cc(F)c(F)c(Oc2ccc3ncc(N4CCCC4)nc3c2)c1. The largest absolute Gasteiger partial charge is 0.454 e. The maximum atomic E-state index is 15.9. The first-order valence-corrected chi connectivity index (χ1v) is 22.5. The first-order valence-electron chi connectivity index (χ1n) is 22.1. The molecule has 4 amide bonds. The van der Waals surface area contributed by atoms with Crippen molar-refractivity contribution >= 4 is 80.1 Å². The lowest BCUT2D eigenvalue weighted by molar-refractivity contribution is 0.248. The molecule has 360 valence electrons. The molecule has 2 aliphatic heterocycles. The van der Waals surface area contributed by atoms with E-state index in [0.717, 1.165) is 94.3 Å². The van der Waals surface area contributed by atoms with Gasteiger partial charge >= 0.3 is 12.1 Å². The number of aromatic nitrogens is 4. The molecule has 2 aliphatic rings. The molecule has 0 saturated carbocycles. The van der Waals surface area contributed by atoms with Gasteiger partial charge in [-0.25, -0.2) is 37.1 Å². The molecule has 2 N–H and O–H groups in total. The Hall–Kier alpha value is -8.39. The maximum Gasteiger partial charge on any atom is 0.345 e. The zero-order valence-corrected chi connectivity index (χ0v) is 37.7. The highest BCUT2D eigenvalue weighted by Gasteiger charge is 2.33. The summed E-state index contributed by atoms with van der Waals surface area (Å²) >= 11 is 6.03. The number of anilines is 6. The van der Waals surface area contributed by atoms with E-state index in [1.165, 1.54) is 36.4 Å². The molecular weight excluding hydrogens is 954 g/mol. The molecule has 6 aromatic carbocycles. The van der Waals surface area contributed by atoms with Gasteiger partial charge in [0.25, 0.3) is 0 Å². The second-order valence-corrected chi connectivity index (χ2v) is 16.9. The zero-order valence-electron chi connectivity index (χ0n) is 37.0. The number of halogens is 7. The highest BCUT2D eigenvalue weighted by atomic mass is 35.5. The minimum Gasteiger partial charge on any atom is -0.454 e. The van der Waals surface area contributed by atoms with Crippen LogP contribution in [-0.4, -0.2) is 58.2 Å². The van der Waals surface area contributed by atoms with Crippen molar-refractivity contribution in [1.82, 2.24) is 19.9 Å². The minimum atomic E-state index is -1.57. The molecule has 10 rings (SSSR count). The summed E-state index contributed by atoms with van der Waals surface area (Å²) in [6.07, 6.45) is 7.25. The maximum absolute atomic E-state index is 15.9. The van der Waals surface area contributed by atoms with Crippen molar-refractivity contribution in [2.24, 2.45) is 0 Å². The summed E-state index contributed by atoms with van der Waals surface area (Å²) in [6, 6.07) is 16.7. The van der Waals surface area contributed by atoms with Crippen LogP contribution in [0.5, 0.6) is 23.0 Å². The molecule has 2 aromatic heterocycles. The third kappa shape index (κ3) is 9.91. The summed E-state index contributed by atoms with van der Waals surface area (Å²) < 4.78 is 104. The second kappa shape index (κ2) is 19.5. The van der Waals surface area contributed by atoms with Crippen LogP contribution in [0, 0.1) is 34.9 Å². The molecule has 21 heteroatoms. The molecule has 2 fully saturated rings. The number of benzene rings is 6. The fraction of sp³-hybridized carbons (Fsp3) is 0.160. The van der Waals surface area contributed by atoms with Crippen molar-refractivity contribution < 1.29 is 45.4 Å². The molecular formula is C50H37ClF6N10O4. The molecule has 0 aliphatic carbocycles. The van der Waals surface area contributed by atoms with Gasteiger partial charge in [0, 0.05) is 80.0 Å². The number of carbonyl (C=O) groups is 2. The number of hydrogen-bond acceptors (Lipinski definition) is 10. The van der Waals surface area contributed by atoms with Crippen LogP contribution in [0.1, 0.15) is 25.7 Å². The zero-order chi connectivity index (χ0) is 49.3. The molecule has 8 aromatic rings. The molecule has 0 atom stereocenters. The lowest BCUT2D eigenvalue weighted by Gasteiger charge is -2.35. The predicted octanol–water partition coefficient (Wildman–Crippen LogP) is 12.5. The number of urea groups is 2. The van der Waals surface area contributed by atoms with Crippen molar-refractivity contribution in [3.05, 3.63) is 155 Å². The molecule has 14 nitrogen and oxygen atoms in total. The highest BCUT2D eigenvalue weighted by molar-refractivity contribution is 6.30. The number of hydrazine groups is 1. The van der Waals surface area contributed by atoms with Gasteiger partial charge in [-0.05, 0) is 80.3 Å². The van der Waals surface area contributed by atoms with Crippen LogP contribution < -0.4 is 39.9 Å². The number of carbonyl (C=O) groups excluding carboxylic acids is 2. The van der Waals surface area contributed by atoms with Gasteiger partial charge in [0.15, 0.2) is 23.1 Å². The van der Waals surface area contributed by atoms with E-state index in [4.69, 9.17) is 21.1 Å². The predicted molar refractivity (Wildman–Crippen MR) is 256 cm³/mol. The summed E-state index contributed by atoms with van der Waals surface area (Å²) in [5.74, 6) is -8.09. The van der Waals surface area contributed by atoms with Crippen molar-refractivity contribution in [1.29, 1.82) is 0 Å². The first kappa shape index (κ1) is 46.3. The first-order chi connectivity index (χ1) is 34.3. The Morgan fingerprint density at radius 1 is 0.535 bits per heavy atom. The summed E-state index contributed by atoms with van der Waals surface area (Å²) in [6.45, 7) is 3.18. The van der Waals surface area contributed by atoms with Crippen molar-refractivity contribution in [2.45, 2.75) is 25.7 Å². The Bertz CT molecular complexity index is 3380. The Morgan fingerprint density at radius 3 is 1.62 bits per heavy atom. The van der Waals surface area contributed by atoms with Crippen LogP contribution >= 0.6 is 11.6 Å². The van der Waals surface area contributed by atoms with Crippen LogP contribution in [0.4, 0.5) is 70.3 Å². The van der Waals surface area contributed by atoms with E-state index in [2.05, 4.69) is 40.4 Å². The van der Waals surface area contributed by atoms with E-state index in [9.17, 15) is 14.0 Å². The number of fused-ring (bicyclic) bond motifs is 2. The van der Waals surface area contributed by atoms with Crippen LogP contribution in [0.25, 0.3) is 22.1 Å². The number of nitrogens with one attached hydrogen (secondary N) is 2. The van der Waals surface area contributed by atoms with Gasteiger partial charge in [0.1, 0.15) is 34.8 Å². The Labute approximate surface area is 405 Å². The van der Waals surface area contributed by atoms with Gasteiger partial charge < -0.3 is 29.9 Å². The van der Waals surface area contributed by atoms with Crippen molar-refractivity contribution in [2.75, 3.05) is 56.6 Å². The van der Waals surface area contributed by atoms with E-state index in [-0.39, 0.29) is 17.2 Å². The van der Waals surface area contributed by atoms with Gasteiger partial charge in [-0.1, -0.05) is 17.7 Å². The smallest absolute Gasteiger partial charge is 0.345 e. The number of ether oxygens (including phenoxy) is 2. The summed E-state index contributed by atoms with van der Waals surface area (Å²) in [4.78, 5) is 51.7. The van der Waals surface area contributed by atoms with E-state index in [1.54, 1.807) is 24.5 Å². The van der Waals surface area contributed by atoms with E-state index in [0.29, 0.717) is 55.9 Å². The topological polar surface area (TPSA) is 141 Å². The van der Waals surface area contributed by atoms with Crippen LogP contribution in [-0.2, 0) is 0 Å². The normalized spacial score (nSPS) is 13.5. The van der Waals surface area contributed by atoms with Gasteiger partial charge in [-0.3, -0.25) is 9.97 Å². The number of nitrogens with zero attached hydrogens (tertiary/aromatic N) is 8. The van der Waals surface area contributed by atoms with E-state index in [1.807, 2.05) is 0 Å². The third-order valence-electron chi connectivity index (χ3n) is 11.6. The van der Waals surface area contributed by atoms with Gasteiger partial charge in [0.05, 0.1) is 50.9 Å². The molecule has 2 saturated heterocycles. The monoisotopic (exact) mass is 990 g/mol. The fourth-order valence-electron chi connectivity index (χ4n) is 8.18. The van der Waals surface area contributed by atoms with Crippen molar-refractivity contribution in [3.63, 3.8) is 0 Å².